The van der Waals surface area contributed by atoms with Crippen molar-refractivity contribution < 1.29 is 14.6 Å². The Labute approximate surface area is 108 Å². The molecular weight excluding hydrogens is 232 g/mol. The van der Waals surface area contributed by atoms with E-state index >= 15 is 0 Å². The third kappa shape index (κ3) is 3.43. The van der Waals surface area contributed by atoms with Crippen LogP contribution in [0.25, 0.3) is 0 Å². The van der Waals surface area contributed by atoms with Crippen LogP contribution in [0.3, 0.4) is 0 Å². The molecule has 2 fully saturated rings. The summed E-state index contributed by atoms with van der Waals surface area (Å²) >= 11 is 0. The molecule has 0 aromatic carbocycles. The zero-order valence-corrected chi connectivity index (χ0v) is 11.4. The molecule has 2 aliphatic heterocycles. The molecule has 1 unspecified atom stereocenters. The fourth-order valence-electron chi connectivity index (χ4n) is 2.42. The Morgan fingerprint density at radius 1 is 1.33 bits per heavy atom. The van der Waals surface area contributed by atoms with Crippen LogP contribution in [-0.4, -0.2) is 59.9 Å². The third-order valence-electron chi connectivity index (χ3n) is 3.96. The lowest BCUT2D eigenvalue weighted by Gasteiger charge is -2.39. The normalized spacial score (nSPS) is 31.6. The Hall–Kier alpha value is -0.650. The molecular formula is C13H24N2O3. The Balaban J connectivity index is 1.78. The van der Waals surface area contributed by atoms with Crippen LogP contribution in [0.5, 0.6) is 0 Å². The highest BCUT2D eigenvalue weighted by molar-refractivity contribution is 5.77. The number of carbonyl (C=O) groups excluding carboxylic acids is 1. The number of amides is 1. The average molecular weight is 256 g/mol. The second-order valence-corrected chi connectivity index (χ2v) is 6.07. The first kappa shape index (κ1) is 13.8. The van der Waals surface area contributed by atoms with Crippen molar-refractivity contribution in [1.29, 1.82) is 0 Å². The van der Waals surface area contributed by atoms with Gasteiger partial charge in [-0.25, -0.2) is 0 Å². The third-order valence-corrected chi connectivity index (χ3v) is 3.96. The van der Waals surface area contributed by atoms with Crippen molar-refractivity contribution in [3.05, 3.63) is 0 Å². The van der Waals surface area contributed by atoms with Crippen LogP contribution < -0.4 is 5.32 Å². The van der Waals surface area contributed by atoms with Crippen LogP contribution in [0.2, 0.25) is 0 Å². The summed E-state index contributed by atoms with van der Waals surface area (Å²) in [5, 5.41) is 13.1. The fraction of sp³-hybridized carbons (Fsp3) is 0.923. The van der Waals surface area contributed by atoms with E-state index in [-0.39, 0.29) is 18.1 Å². The van der Waals surface area contributed by atoms with E-state index in [9.17, 15) is 9.90 Å². The van der Waals surface area contributed by atoms with Crippen molar-refractivity contribution >= 4 is 5.91 Å². The van der Waals surface area contributed by atoms with Crippen LogP contribution in [0.4, 0.5) is 0 Å². The van der Waals surface area contributed by atoms with Gasteiger partial charge in [0.25, 0.3) is 0 Å². The molecule has 0 aliphatic carbocycles. The first-order chi connectivity index (χ1) is 8.40. The van der Waals surface area contributed by atoms with Crippen molar-refractivity contribution in [2.75, 3.05) is 32.8 Å². The predicted octanol–water partition coefficient (Wildman–Crippen LogP) is 0.128. The van der Waals surface area contributed by atoms with Crippen molar-refractivity contribution in [2.45, 2.75) is 44.3 Å². The summed E-state index contributed by atoms with van der Waals surface area (Å²) in [5.74, 6) is 0.0424. The van der Waals surface area contributed by atoms with Gasteiger partial charge in [0.2, 0.25) is 5.91 Å². The van der Waals surface area contributed by atoms with Crippen LogP contribution >= 0.6 is 0 Å². The number of hydrogen-bond acceptors (Lipinski definition) is 4. The Morgan fingerprint density at radius 3 is 2.67 bits per heavy atom. The first-order valence-electron chi connectivity index (χ1n) is 6.75. The molecule has 5 heteroatoms. The molecule has 0 aromatic rings. The molecule has 18 heavy (non-hydrogen) atoms. The summed E-state index contributed by atoms with van der Waals surface area (Å²) in [4.78, 5) is 13.9. The fourth-order valence-corrected chi connectivity index (χ4v) is 2.42. The number of hydrogen-bond donors (Lipinski definition) is 2. The van der Waals surface area contributed by atoms with Gasteiger partial charge in [-0.05, 0) is 33.1 Å². The first-order valence-corrected chi connectivity index (χ1v) is 6.75. The zero-order valence-electron chi connectivity index (χ0n) is 11.4. The van der Waals surface area contributed by atoms with E-state index in [0.29, 0.717) is 13.0 Å². The van der Waals surface area contributed by atoms with Crippen LogP contribution in [-0.2, 0) is 9.53 Å². The number of rotatable bonds is 3. The van der Waals surface area contributed by atoms with Crippen LogP contribution in [0.15, 0.2) is 0 Å². The lowest BCUT2D eigenvalue weighted by Crippen LogP contribution is -2.59. The van der Waals surface area contributed by atoms with Crippen molar-refractivity contribution in [3.8, 4) is 0 Å². The second-order valence-electron chi connectivity index (χ2n) is 6.07. The highest BCUT2D eigenvalue weighted by Gasteiger charge is 2.34. The molecule has 2 aliphatic rings. The van der Waals surface area contributed by atoms with E-state index < -0.39 is 5.60 Å². The van der Waals surface area contributed by atoms with Gasteiger partial charge in [0.1, 0.15) is 6.61 Å². The Kier molecular flexibility index (Phi) is 3.94. The van der Waals surface area contributed by atoms with E-state index in [0.717, 1.165) is 32.5 Å². The van der Waals surface area contributed by atoms with E-state index in [1.165, 1.54) is 0 Å². The summed E-state index contributed by atoms with van der Waals surface area (Å²) in [6, 6.07) is 0. The molecule has 2 rings (SSSR count). The van der Waals surface area contributed by atoms with Gasteiger partial charge in [-0.3, -0.25) is 4.79 Å². The number of likely N-dealkylation sites (tertiary alicyclic amines) is 1. The van der Waals surface area contributed by atoms with Gasteiger partial charge >= 0.3 is 0 Å². The molecule has 0 spiro atoms. The number of nitrogens with one attached hydrogen (secondary N) is 1. The minimum atomic E-state index is -0.625. The summed E-state index contributed by atoms with van der Waals surface area (Å²) in [6.45, 7) is 7.00. The molecule has 2 N–H and O–H groups in total. The maximum atomic E-state index is 12.0. The van der Waals surface area contributed by atoms with Crippen molar-refractivity contribution in [3.63, 3.8) is 0 Å². The number of carbonyl (C=O) groups is 1. The number of ether oxygens (including phenoxy) is 1. The highest BCUT2D eigenvalue weighted by Crippen LogP contribution is 2.22. The molecule has 0 saturated carbocycles. The lowest BCUT2D eigenvalue weighted by atomic mass is 9.98. The second kappa shape index (κ2) is 5.15. The predicted molar refractivity (Wildman–Crippen MR) is 68.3 cm³/mol. The van der Waals surface area contributed by atoms with Gasteiger partial charge in [-0.15, -0.1) is 0 Å². The highest BCUT2D eigenvalue weighted by atomic mass is 16.5. The molecule has 104 valence electrons. The van der Waals surface area contributed by atoms with Crippen LogP contribution in [0.1, 0.15) is 33.1 Å². The molecule has 0 bridgehead atoms. The average Bonchev–Trinajstić information content (AvgIpc) is 2.44. The van der Waals surface area contributed by atoms with Crippen molar-refractivity contribution in [1.82, 2.24) is 10.2 Å². The molecule has 2 saturated heterocycles. The molecule has 0 aromatic heterocycles. The van der Waals surface area contributed by atoms with E-state index in [2.05, 4.69) is 5.32 Å². The number of nitrogens with zero attached hydrogens (tertiary/aromatic N) is 1. The lowest BCUT2D eigenvalue weighted by molar-refractivity contribution is -0.146. The largest absolute Gasteiger partial charge is 0.390 e. The van der Waals surface area contributed by atoms with Gasteiger partial charge in [0, 0.05) is 26.2 Å². The monoisotopic (exact) mass is 256 g/mol. The molecule has 1 amide bonds. The van der Waals surface area contributed by atoms with E-state index in [4.69, 9.17) is 4.74 Å². The Morgan fingerprint density at radius 2 is 2.06 bits per heavy atom. The molecule has 1 atom stereocenters. The summed E-state index contributed by atoms with van der Waals surface area (Å²) in [6.07, 6.45) is 2.27. The van der Waals surface area contributed by atoms with Gasteiger partial charge in [0.05, 0.1) is 11.2 Å². The van der Waals surface area contributed by atoms with Crippen molar-refractivity contribution in [2.24, 2.45) is 0 Å². The minimum absolute atomic E-state index is 0.0424. The standard InChI is InChI=1S/C13H24N2O3/c1-12(17)4-3-6-15(7-5-12)11(16)8-18-13(2)9-14-10-13/h14,17H,3-10H2,1-2H3. The molecule has 5 nitrogen and oxygen atoms in total. The SMILES string of the molecule is CC1(O)CCCN(C(=O)COC2(C)CNC2)CC1. The van der Waals surface area contributed by atoms with Gasteiger partial charge < -0.3 is 20.1 Å². The maximum Gasteiger partial charge on any atom is 0.248 e. The summed E-state index contributed by atoms with van der Waals surface area (Å²) in [5.41, 5.74) is -0.799. The molecule has 2 heterocycles. The minimum Gasteiger partial charge on any atom is -0.390 e. The Bertz CT molecular complexity index is 313. The maximum absolute atomic E-state index is 12.0. The van der Waals surface area contributed by atoms with E-state index in [1.54, 1.807) is 0 Å². The van der Waals surface area contributed by atoms with Gasteiger partial charge in [-0.2, -0.15) is 0 Å². The molecule has 0 radical (unpaired) electrons. The van der Waals surface area contributed by atoms with E-state index in [1.807, 2.05) is 18.7 Å². The smallest absolute Gasteiger partial charge is 0.248 e. The zero-order chi connectivity index (χ0) is 13.2. The van der Waals surface area contributed by atoms with Gasteiger partial charge in [-0.1, -0.05) is 0 Å². The summed E-state index contributed by atoms with van der Waals surface area (Å²) in [7, 11) is 0. The quantitative estimate of drug-likeness (QED) is 0.753. The topological polar surface area (TPSA) is 61.8 Å². The van der Waals surface area contributed by atoms with Gasteiger partial charge in [0.15, 0.2) is 0 Å². The van der Waals surface area contributed by atoms with Crippen LogP contribution in [0, 0.1) is 0 Å². The summed E-state index contributed by atoms with van der Waals surface area (Å²) < 4.78 is 5.66. The number of aliphatic hydroxyl groups is 1.